The van der Waals surface area contributed by atoms with E-state index in [1.165, 1.54) is 17.7 Å². The first kappa shape index (κ1) is 14.5. The lowest BCUT2D eigenvalue weighted by molar-refractivity contribution is -0.120. The fraction of sp³-hybridized carbons (Fsp3) is 0.643. The summed E-state index contributed by atoms with van der Waals surface area (Å²) < 4.78 is 0. The monoisotopic (exact) mass is 281 g/mol. The molecule has 0 radical (unpaired) electrons. The molecule has 0 aliphatic heterocycles. The second-order valence-electron chi connectivity index (χ2n) is 5.37. The van der Waals surface area contributed by atoms with Crippen molar-refractivity contribution < 1.29 is 4.79 Å². The fourth-order valence-electron chi connectivity index (χ4n) is 2.00. The molecule has 1 saturated carbocycles. The van der Waals surface area contributed by atoms with Crippen LogP contribution < -0.4 is 10.6 Å². The van der Waals surface area contributed by atoms with Gasteiger partial charge in [-0.1, -0.05) is 6.07 Å². The molecule has 0 spiro atoms. The SMILES string of the molecule is CN(C)C(CNC(=O)CNCC1CC1)c1cccs1. The summed E-state index contributed by atoms with van der Waals surface area (Å²) in [6, 6.07) is 4.43. The summed E-state index contributed by atoms with van der Waals surface area (Å²) in [7, 11) is 4.09. The van der Waals surface area contributed by atoms with Gasteiger partial charge < -0.3 is 15.5 Å². The van der Waals surface area contributed by atoms with E-state index in [9.17, 15) is 4.79 Å². The van der Waals surface area contributed by atoms with Crippen molar-refractivity contribution in [2.45, 2.75) is 18.9 Å². The predicted molar refractivity (Wildman–Crippen MR) is 79.4 cm³/mol. The number of thiophene rings is 1. The van der Waals surface area contributed by atoms with Gasteiger partial charge in [0.05, 0.1) is 12.6 Å². The minimum absolute atomic E-state index is 0.0871. The van der Waals surface area contributed by atoms with Crippen LogP contribution in [0.15, 0.2) is 17.5 Å². The average Bonchev–Trinajstić information content (AvgIpc) is 3.03. The normalized spacial score (nSPS) is 16.6. The van der Waals surface area contributed by atoms with Crippen LogP contribution >= 0.6 is 11.3 Å². The number of rotatable bonds is 8. The molecule has 0 bridgehead atoms. The molecule has 1 aliphatic carbocycles. The number of nitrogens with zero attached hydrogens (tertiary/aromatic N) is 1. The van der Waals surface area contributed by atoms with Crippen LogP contribution in [0.2, 0.25) is 0 Å². The lowest BCUT2D eigenvalue weighted by Gasteiger charge is -2.23. The van der Waals surface area contributed by atoms with Gasteiger partial charge in [0.2, 0.25) is 5.91 Å². The Morgan fingerprint density at radius 1 is 1.53 bits per heavy atom. The molecule has 1 unspecified atom stereocenters. The zero-order chi connectivity index (χ0) is 13.7. The number of nitrogens with one attached hydrogen (secondary N) is 2. The first-order valence-electron chi connectivity index (χ1n) is 6.84. The lowest BCUT2D eigenvalue weighted by Crippen LogP contribution is -2.39. The molecule has 2 rings (SSSR count). The van der Waals surface area contributed by atoms with E-state index in [0.717, 1.165) is 12.5 Å². The third kappa shape index (κ3) is 4.93. The molecule has 2 N–H and O–H groups in total. The maximum Gasteiger partial charge on any atom is 0.234 e. The highest BCUT2D eigenvalue weighted by atomic mass is 32.1. The van der Waals surface area contributed by atoms with E-state index in [-0.39, 0.29) is 11.9 Å². The number of hydrogen-bond donors (Lipinski definition) is 2. The standard InChI is InChI=1S/C14H23N3OS/c1-17(2)12(13-4-3-7-19-13)9-16-14(18)10-15-8-11-5-6-11/h3-4,7,11-12,15H,5-6,8-10H2,1-2H3,(H,16,18). The van der Waals surface area contributed by atoms with Crippen molar-refractivity contribution in [3.05, 3.63) is 22.4 Å². The highest BCUT2D eigenvalue weighted by molar-refractivity contribution is 7.10. The van der Waals surface area contributed by atoms with Crippen LogP contribution in [0.25, 0.3) is 0 Å². The van der Waals surface area contributed by atoms with Gasteiger partial charge in [-0.3, -0.25) is 4.79 Å². The van der Waals surface area contributed by atoms with Gasteiger partial charge in [0.1, 0.15) is 0 Å². The van der Waals surface area contributed by atoms with Crippen LogP contribution in [0.3, 0.4) is 0 Å². The third-order valence-corrected chi connectivity index (χ3v) is 4.38. The summed E-state index contributed by atoms with van der Waals surface area (Å²) in [6.07, 6.45) is 2.63. The van der Waals surface area contributed by atoms with Crippen LogP contribution in [0, 0.1) is 5.92 Å². The molecule has 5 heteroatoms. The fourth-order valence-corrected chi connectivity index (χ4v) is 2.93. The number of hydrogen-bond acceptors (Lipinski definition) is 4. The summed E-state index contributed by atoms with van der Waals surface area (Å²) >= 11 is 1.73. The van der Waals surface area contributed by atoms with Gasteiger partial charge >= 0.3 is 0 Å². The van der Waals surface area contributed by atoms with Gasteiger partial charge in [0, 0.05) is 11.4 Å². The van der Waals surface area contributed by atoms with E-state index >= 15 is 0 Å². The second-order valence-corrected chi connectivity index (χ2v) is 6.35. The molecule has 0 aromatic carbocycles. The molecule has 1 aliphatic rings. The van der Waals surface area contributed by atoms with E-state index in [1.54, 1.807) is 11.3 Å². The van der Waals surface area contributed by atoms with Crippen LogP contribution in [-0.4, -0.2) is 44.5 Å². The molecule has 1 heterocycles. The molecular weight excluding hydrogens is 258 g/mol. The Balaban J connectivity index is 1.70. The van der Waals surface area contributed by atoms with Gasteiger partial charge in [0.25, 0.3) is 0 Å². The van der Waals surface area contributed by atoms with Gasteiger partial charge in [-0.25, -0.2) is 0 Å². The molecule has 1 amide bonds. The minimum atomic E-state index is 0.0871. The molecular formula is C14H23N3OS. The Labute approximate surface area is 119 Å². The number of carbonyl (C=O) groups is 1. The van der Waals surface area contributed by atoms with Crippen molar-refractivity contribution in [1.29, 1.82) is 0 Å². The minimum Gasteiger partial charge on any atom is -0.353 e. The molecule has 106 valence electrons. The maximum absolute atomic E-state index is 11.8. The number of carbonyl (C=O) groups excluding carboxylic acids is 1. The Bertz CT molecular complexity index is 387. The summed E-state index contributed by atoms with van der Waals surface area (Å²) in [6.45, 7) is 2.08. The summed E-state index contributed by atoms with van der Waals surface area (Å²) in [5.74, 6) is 0.900. The highest BCUT2D eigenvalue weighted by Gasteiger charge is 2.21. The molecule has 4 nitrogen and oxygen atoms in total. The van der Waals surface area contributed by atoms with Gasteiger partial charge in [0.15, 0.2) is 0 Å². The van der Waals surface area contributed by atoms with Crippen LogP contribution in [0.4, 0.5) is 0 Å². The quantitative estimate of drug-likeness (QED) is 0.758. The van der Waals surface area contributed by atoms with E-state index in [0.29, 0.717) is 13.1 Å². The van der Waals surface area contributed by atoms with Crippen molar-refractivity contribution in [2.24, 2.45) is 5.92 Å². The van der Waals surface area contributed by atoms with E-state index < -0.39 is 0 Å². The predicted octanol–water partition coefficient (Wildman–Crippen LogP) is 1.47. The zero-order valence-electron chi connectivity index (χ0n) is 11.7. The summed E-state index contributed by atoms with van der Waals surface area (Å²) in [5, 5.41) is 8.30. The van der Waals surface area contributed by atoms with Crippen molar-refractivity contribution in [3.8, 4) is 0 Å². The van der Waals surface area contributed by atoms with Crippen molar-refractivity contribution in [3.63, 3.8) is 0 Å². The second kappa shape index (κ2) is 7.03. The van der Waals surface area contributed by atoms with E-state index in [2.05, 4.69) is 33.0 Å². The smallest absolute Gasteiger partial charge is 0.234 e. The Morgan fingerprint density at radius 3 is 2.89 bits per heavy atom. The topological polar surface area (TPSA) is 44.4 Å². The largest absolute Gasteiger partial charge is 0.353 e. The van der Waals surface area contributed by atoms with Crippen molar-refractivity contribution >= 4 is 17.2 Å². The van der Waals surface area contributed by atoms with Crippen LogP contribution in [0.1, 0.15) is 23.8 Å². The molecule has 1 aromatic heterocycles. The first-order valence-corrected chi connectivity index (χ1v) is 7.72. The van der Waals surface area contributed by atoms with E-state index in [1.807, 2.05) is 14.1 Å². The third-order valence-electron chi connectivity index (χ3n) is 3.40. The molecule has 1 aromatic rings. The zero-order valence-corrected chi connectivity index (χ0v) is 12.5. The Morgan fingerprint density at radius 2 is 2.32 bits per heavy atom. The van der Waals surface area contributed by atoms with Gasteiger partial charge in [-0.05, 0) is 50.8 Å². The first-order chi connectivity index (χ1) is 9.16. The summed E-state index contributed by atoms with van der Waals surface area (Å²) in [5.41, 5.74) is 0. The van der Waals surface area contributed by atoms with Gasteiger partial charge in [-0.15, -0.1) is 11.3 Å². The summed E-state index contributed by atoms with van der Waals surface area (Å²) in [4.78, 5) is 15.2. The van der Waals surface area contributed by atoms with Crippen LogP contribution in [0.5, 0.6) is 0 Å². The molecule has 1 fully saturated rings. The average molecular weight is 281 g/mol. The highest BCUT2D eigenvalue weighted by Crippen LogP contribution is 2.27. The Hall–Kier alpha value is -0.910. The van der Waals surface area contributed by atoms with Crippen molar-refractivity contribution in [2.75, 3.05) is 33.7 Å². The van der Waals surface area contributed by atoms with Gasteiger partial charge in [-0.2, -0.15) is 0 Å². The molecule has 19 heavy (non-hydrogen) atoms. The lowest BCUT2D eigenvalue weighted by atomic mass is 10.2. The molecule has 1 atom stereocenters. The number of amides is 1. The Kier molecular flexibility index (Phi) is 5.36. The van der Waals surface area contributed by atoms with E-state index in [4.69, 9.17) is 0 Å². The van der Waals surface area contributed by atoms with Crippen molar-refractivity contribution in [1.82, 2.24) is 15.5 Å². The van der Waals surface area contributed by atoms with Crippen LogP contribution in [-0.2, 0) is 4.79 Å². The maximum atomic E-state index is 11.8. The molecule has 0 saturated heterocycles. The number of likely N-dealkylation sites (N-methyl/N-ethyl adjacent to an activating group) is 1.